The van der Waals surface area contributed by atoms with Crippen LogP contribution in [0.3, 0.4) is 0 Å². The molecule has 0 aliphatic heterocycles. The SMILES string of the molecule is Nc1cc(N)cc(C(=O)Nc2cccc(C#CC3CCCCC3)c2)c1. The van der Waals surface area contributed by atoms with Crippen LogP contribution in [0, 0.1) is 17.8 Å². The molecule has 1 fully saturated rings. The number of nitrogens with one attached hydrogen (secondary N) is 1. The molecule has 128 valence electrons. The second-order valence-electron chi connectivity index (χ2n) is 6.53. The van der Waals surface area contributed by atoms with Crippen LogP contribution in [-0.4, -0.2) is 5.91 Å². The lowest BCUT2D eigenvalue weighted by Crippen LogP contribution is -2.12. The van der Waals surface area contributed by atoms with Gasteiger partial charge in [0.2, 0.25) is 0 Å². The topological polar surface area (TPSA) is 81.1 Å². The molecule has 25 heavy (non-hydrogen) atoms. The third-order valence-corrected chi connectivity index (χ3v) is 4.39. The van der Waals surface area contributed by atoms with Gasteiger partial charge in [-0.3, -0.25) is 4.79 Å². The molecule has 0 saturated heterocycles. The molecule has 4 heteroatoms. The van der Waals surface area contributed by atoms with E-state index in [0.717, 1.165) is 5.56 Å². The Bertz CT molecular complexity index is 806. The summed E-state index contributed by atoms with van der Waals surface area (Å²) in [4.78, 5) is 12.4. The lowest BCUT2D eigenvalue weighted by atomic mass is 9.90. The first kappa shape index (κ1) is 16.9. The van der Waals surface area contributed by atoms with Gasteiger partial charge < -0.3 is 16.8 Å². The average molecular weight is 333 g/mol. The standard InChI is InChI=1S/C21H23N3O/c22-18-12-17(13-19(23)14-18)21(25)24-20-8-4-7-16(11-20)10-9-15-5-2-1-3-6-15/h4,7-8,11-15H,1-3,5-6,22-23H2,(H,24,25). The Kier molecular flexibility index (Phi) is 5.25. The molecule has 0 aromatic heterocycles. The Hall–Kier alpha value is -2.93. The van der Waals surface area contributed by atoms with Crippen molar-refractivity contribution in [3.8, 4) is 11.8 Å². The van der Waals surface area contributed by atoms with Gasteiger partial charge in [-0.05, 0) is 49.2 Å². The largest absolute Gasteiger partial charge is 0.399 e. The van der Waals surface area contributed by atoms with Crippen molar-refractivity contribution in [1.29, 1.82) is 0 Å². The van der Waals surface area contributed by atoms with Gasteiger partial charge in [-0.25, -0.2) is 0 Å². The van der Waals surface area contributed by atoms with E-state index in [4.69, 9.17) is 11.5 Å². The zero-order valence-corrected chi connectivity index (χ0v) is 14.2. The van der Waals surface area contributed by atoms with Gasteiger partial charge in [0.1, 0.15) is 0 Å². The number of nitrogens with two attached hydrogens (primary N) is 2. The van der Waals surface area contributed by atoms with Crippen molar-refractivity contribution in [2.75, 3.05) is 16.8 Å². The molecule has 0 atom stereocenters. The molecule has 0 radical (unpaired) electrons. The molecule has 2 aromatic carbocycles. The zero-order valence-electron chi connectivity index (χ0n) is 14.2. The first-order valence-electron chi connectivity index (χ1n) is 8.69. The minimum absolute atomic E-state index is 0.239. The number of amides is 1. The fourth-order valence-electron chi connectivity index (χ4n) is 3.12. The maximum Gasteiger partial charge on any atom is 0.255 e. The molecule has 1 amide bonds. The normalized spacial score (nSPS) is 14.4. The summed E-state index contributed by atoms with van der Waals surface area (Å²) in [6.07, 6.45) is 6.27. The molecule has 0 spiro atoms. The molecule has 5 N–H and O–H groups in total. The molecular formula is C21H23N3O. The second-order valence-corrected chi connectivity index (χ2v) is 6.53. The maximum absolute atomic E-state index is 12.4. The van der Waals surface area contributed by atoms with E-state index in [1.54, 1.807) is 18.2 Å². The van der Waals surface area contributed by atoms with Crippen LogP contribution in [0.15, 0.2) is 42.5 Å². The molecule has 1 saturated carbocycles. The summed E-state index contributed by atoms with van der Waals surface area (Å²) in [6, 6.07) is 12.4. The summed E-state index contributed by atoms with van der Waals surface area (Å²) in [7, 11) is 0. The van der Waals surface area contributed by atoms with Crippen LogP contribution in [-0.2, 0) is 0 Å². The highest BCUT2D eigenvalue weighted by Gasteiger charge is 2.10. The van der Waals surface area contributed by atoms with E-state index in [1.165, 1.54) is 32.1 Å². The number of hydrogen-bond acceptors (Lipinski definition) is 3. The van der Waals surface area contributed by atoms with Gasteiger partial charge in [0.15, 0.2) is 0 Å². The molecule has 1 aliphatic carbocycles. The van der Waals surface area contributed by atoms with Crippen LogP contribution < -0.4 is 16.8 Å². The number of anilines is 3. The highest BCUT2D eigenvalue weighted by Crippen LogP contribution is 2.23. The van der Waals surface area contributed by atoms with Crippen LogP contribution >= 0.6 is 0 Å². The highest BCUT2D eigenvalue weighted by molar-refractivity contribution is 6.05. The fourth-order valence-corrected chi connectivity index (χ4v) is 3.12. The van der Waals surface area contributed by atoms with Crippen LogP contribution in [0.1, 0.15) is 48.0 Å². The second kappa shape index (κ2) is 7.76. The van der Waals surface area contributed by atoms with E-state index < -0.39 is 0 Å². The van der Waals surface area contributed by atoms with Crippen molar-refractivity contribution in [2.24, 2.45) is 5.92 Å². The third kappa shape index (κ3) is 4.77. The van der Waals surface area contributed by atoms with E-state index in [1.807, 2.05) is 24.3 Å². The van der Waals surface area contributed by atoms with Crippen LogP contribution in [0.5, 0.6) is 0 Å². The predicted octanol–water partition coefficient (Wildman–Crippen LogP) is 4.04. The van der Waals surface area contributed by atoms with Gasteiger partial charge in [0.25, 0.3) is 5.91 Å². The Balaban J connectivity index is 1.71. The molecule has 1 aliphatic rings. The number of benzene rings is 2. The van der Waals surface area contributed by atoms with Crippen LogP contribution in [0.25, 0.3) is 0 Å². The van der Waals surface area contributed by atoms with Crippen molar-refractivity contribution in [3.63, 3.8) is 0 Å². The summed E-state index contributed by atoms with van der Waals surface area (Å²) in [5.74, 6) is 6.88. The van der Waals surface area contributed by atoms with E-state index in [-0.39, 0.29) is 5.91 Å². The first-order chi connectivity index (χ1) is 12.1. The van der Waals surface area contributed by atoms with Crippen LogP contribution in [0.4, 0.5) is 17.1 Å². The summed E-state index contributed by atoms with van der Waals surface area (Å²) in [5.41, 5.74) is 14.5. The molecule has 3 rings (SSSR count). The average Bonchev–Trinajstić information content (AvgIpc) is 2.60. The molecular weight excluding hydrogens is 310 g/mol. The quantitative estimate of drug-likeness (QED) is 0.573. The van der Waals surface area contributed by atoms with Crippen molar-refractivity contribution >= 4 is 23.0 Å². The minimum atomic E-state index is -0.239. The van der Waals surface area contributed by atoms with Gasteiger partial charge in [0.05, 0.1) is 0 Å². The van der Waals surface area contributed by atoms with Gasteiger partial charge >= 0.3 is 0 Å². The van der Waals surface area contributed by atoms with Crippen molar-refractivity contribution in [3.05, 3.63) is 53.6 Å². The molecule has 0 unspecified atom stereocenters. The molecule has 4 nitrogen and oxygen atoms in total. The smallest absolute Gasteiger partial charge is 0.255 e. The van der Waals surface area contributed by atoms with E-state index >= 15 is 0 Å². The Morgan fingerprint density at radius 1 is 1.00 bits per heavy atom. The first-order valence-corrected chi connectivity index (χ1v) is 8.69. The van der Waals surface area contributed by atoms with Gasteiger partial charge in [-0.1, -0.05) is 37.2 Å². The summed E-state index contributed by atoms with van der Waals surface area (Å²) in [5, 5.41) is 2.87. The highest BCUT2D eigenvalue weighted by atomic mass is 16.1. The number of carbonyl (C=O) groups excluding carboxylic acids is 1. The number of rotatable bonds is 2. The van der Waals surface area contributed by atoms with E-state index in [0.29, 0.717) is 28.5 Å². The minimum Gasteiger partial charge on any atom is -0.399 e. The summed E-state index contributed by atoms with van der Waals surface area (Å²) >= 11 is 0. The predicted molar refractivity (Wildman–Crippen MR) is 103 cm³/mol. The van der Waals surface area contributed by atoms with Gasteiger partial charge in [0, 0.05) is 34.1 Å². The van der Waals surface area contributed by atoms with E-state index in [9.17, 15) is 4.79 Å². The van der Waals surface area contributed by atoms with Crippen molar-refractivity contribution in [2.45, 2.75) is 32.1 Å². The van der Waals surface area contributed by atoms with Crippen LogP contribution in [0.2, 0.25) is 0 Å². The van der Waals surface area contributed by atoms with Crippen molar-refractivity contribution in [1.82, 2.24) is 0 Å². The number of carbonyl (C=O) groups is 1. The molecule has 0 heterocycles. The summed E-state index contributed by atoms with van der Waals surface area (Å²) in [6.45, 7) is 0. The Labute approximate surface area is 148 Å². The molecule has 0 bridgehead atoms. The zero-order chi connectivity index (χ0) is 17.6. The summed E-state index contributed by atoms with van der Waals surface area (Å²) < 4.78 is 0. The van der Waals surface area contributed by atoms with E-state index in [2.05, 4.69) is 17.2 Å². The lowest BCUT2D eigenvalue weighted by molar-refractivity contribution is 0.102. The molecule has 2 aromatic rings. The van der Waals surface area contributed by atoms with Gasteiger partial charge in [-0.2, -0.15) is 0 Å². The monoisotopic (exact) mass is 333 g/mol. The Morgan fingerprint density at radius 3 is 2.44 bits per heavy atom. The number of hydrogen-bond donors (Lipinski definition) is 3. The maximum atomic E-state index is 12.4. The lowest BCUT2D eigenvalue weighted by Gasteiger charge is -2.15. The number of nitrogen functional groups attached to an aromatic ring is 2. The van der Waals surface area contributed by atoms with Gasteiger partial charge in [-0.15, -0.1) is 0 Å². The Morgan fingerprint density at radius 2 is 1.72 bits per heavy atom. The third-order valence-electron chi connectivity index (χ3n) is 4.39. The van der Waals surface area contributed by atoms with Crippen molar-refractivity contribution < 1.29 is 4.79 Å². The fraction of sp³-hybridized carbons (Fsp3) is 0.286.